The first-order valence-corrected chi connectivity index (χ1v) is 9.52. The Balaban J connectivity index is 1.61. The van der Waals surface area contributed by atoms with E-state index in [1.54, 1.807) is 23.9 Å². The first kappa shape index (κ1) is 16.9. The van der Waals surface area contributed by atoms with Gasteiger partial charge in [-0.25, -0.2) is 9.78 Å². The van der Waals surface area contributed by atoms with Gasteiger partial charge in [0.25, 0.3) is 0 Å². The number of thioether (sulfide) groups is 1. The monoisotopic (exact) mass is 383 g/mol. The molecule has 130 valence electrons. The van der Waals surface area contributed by atoms with Gasteiger partial charge in [-0.2, -0.15) is 0 Å². The van der Waals surface area contributed by atoms with Crippen molar-refractivity contribution >= 4 is 45.2 Å². The molecule has 0 spiro atoms. The minimum absolute atomic E-state index is 0.272. The topological polar surface area (TPSA) is 52.3 Å². The highest BCUT2D eigenvalue weighted by Gasteiger charge is 2.08. The lowest BCUT2D eigenvalue weighted by atomic mass is 10.1. The predicted octanol–water partition coefficient (Wildman–Crippen LogP) is 5.30. The maximum Gasteiger partial charge on any atom is 0.336 e. The van der Waals surface area contributed by atoms with Gasteiger partial charge in [-0.1, -0.05) is 17.7 Å². The van der Waals surface area contributed by atoms with Crippen LogP contribution in [0, 0.1) is 0 Å². The molecule has 0 atom stereocenters. The van der Waals surface area contributed by atoms with E-state index in [-0.39, 0.29) is 12.2 Å². The number of hydrogen-bond donors (Lipinski definition) is 0. The molecule has 6 heteroatoms. The largest absolute Gasteiger partial charge is 0.489 e. The zero-order valence-electron chi connectivity index (χ0n) is 13.9. The highest BCUT2D eigenvalue weighted by Crippen LogP contribution is 2.26. The van der Waals surface area contributed by atoms with E-state index in [0.717, 1.165) is 26.7 Å². The van der Waals surface area contributed by atoms with Crippen LogP contribution < -0.4 is 10.4 Å². The van der Waals surface area contributed by atoms with Gasteiger partial charge in [0.15, 0.2) is 0 Å². The third-order valence-corrected chi connectivity index (χ3v) is 5.09. The highest BCUT2D eigenvalue weighted by molar-refractivity contribution is 7.98. The van der Waals surface area contributed by atoms with Crippen LogP contribution in [-0.2, 0) is 6.61 Å². The van der Waals surface area contributed by atoms with Crippen molar-refractivity contribution in [3.05, 3.63) is 75.7 Å². The van der Waals surface area contributed by atoms with E-state index in [0.29, 0.717) is 16.5 Å². The van der Waals surface area contributed by atoms with Gasteiger partial charge < -0.3 is 9.15 Å². The number of rotatable bonds is 4. The Labute approximate surface area is 158 Å². The average Bonchev–Trinajstić information content (AvgIpc) is 2.65. The van der Waals surface area contributed by atoms with E-state index in [9.17, 15) is 4.79 Å². The Morgan fingerprint density at radius 1 is 1.08 bits per heavy atom. The summed E-state index contributed by atoms with van der Waals surface area (Å²) in [5, 5.41) is 2.27. The first-order chi connectivity index (χ1) is 12.6. The van der Waals surface area contributed by atoms with Gasteiger partial charge in [-0.05, 0) is 42.7 Å². The van der Waals surface area contributed by atoms with E-state index in [1.807, 2.05) is 36.6 Å². The second kappa shape index (κ2) is 7.02. The van der Waals surface area contributed by atoms with Gasteiger partial charge in [0.2, 0.25) is 0 Å². The maximum atomic E-state index is 11.4. The summed E-state index contributed by atoms with van der Waals surface area (Å²) in [5.74, 6) is 0.598. The number of benzene rings is 2. The van der Waals surface area contributed by atoms with E-state index >= 15 is 0 Å². The molecule has 0 unspecified atom stereocenters. The van der Waals surface area contributed by atoms with Crippen LogP contribution in [0.5, 0.6) is 5.75 Å². The van der Waals surface area contributed by atoms with Crippen molar-refractivity contribution < 1.29 is 9.15 Å². The molecule has 2 aromatic carbocycles. The Bertz CT molecular complexity index is 1170. The summed E-state index contributed by atoms with van der Waals surface area (Å²) >= 11 is 7.99. The molecule has 0 fully saturated rings. The molecule has 26 heavy (non-hydrogen) atoms. The number of nitrogens with zero attached hydrogens (tertiary/aromatic N) is 1. The van der Waals surface area contributed by atoms with Crippen LogP contribution in [0.2, 0.25) is 5.15 Å². The standard InChI is InChI=1S/C20H14ClNO3S/c1-26-16-6-3-13-8-14(20(21)22-17(13)10-16)11-24-15-5-2-12-4-7-19(23)25-18(12)9-15/h2-10H,11H2,1H3. The van der Waals surface area contributed by atoms with Crippen LogP contribution in [-0.4, -0.2) is 11.2 Å². The number of pyridine rings is 1. The van der Waals surface area contributed by atoms with Crippen LogP contribution in [0.3, 0.4) is 0 Å². The summed E-state index contributed by atoms with van der Waals surface area (Å²) in [5.41, 5.74) is 1.76. The Morgan fingerprint density at radius 2 is 1.88 bits per heavy atom. The van der Waals surface area contributed by atoms with Crippen LogP contribution in [0.15, 0.2) is 68.7 Å². The van der Waals surface area contributed by atoms with Gasteiger partial charge in [0.05, 0.1) is 5.52 Å². The van der Waals surface area contributed by atoms with E-state index in [1.165, 1.54) is 6.07 Å². The predicted molar refractivity (Wildman–Crippen MR) is 105 cm³/mol. The molecule has 0 aliphatic heterocycles. The molecule has 0 saturated heterocycles. The highest BCUT2D eigenvalue weighted by atomic mass is 35.5. The second-order valence-corrected chi connectivity index (χ2v) is 6.98. The first-order valence-electron chi connectivity index (χ1n) is 7.92. The number of halogens is 1. The number of ether oxygens (including phenoxy) is 1. The van der Waals surface area contributed by atoms with E-state index in [4.69, 9.17) is 20.8 Å². The van der Waals surface area contributed by atoms with Gasteiger partial charge in [0, 0.05) is 33.4 Å². The molecule has 0 radical (unpaired) electrons. The summed E-state index contributed by atoms with van der Waals surface area (Å²) in [4.78, 5) is 17.0. The van der Waals surface area contributed by atoms with Crippen molar-refractivity contribution in [2.45, 2.75) is 11.5 Å². The van der Waals surface area contributed by atoms with Crippen molar-refractivity contribution in [3.63, 3.8) is 0 Å². The zero-order valence-corrected chi connectivity index (χ0v) is 15.4. The molecule has 0 amide bonds. The fraction of sp³-hybridized carbons (Fsp3) is 0.100. The molecular formula is C20H14ClNO3S. The van der Waals surface area contributed by atoms with Crippen molar-refractivity contribution in [3.8, 4) is 5.75 Å². The molecule has 0 saturated carbocycles. The molecule has 0 bridgehead atoms. The molecule has 0 aliphatic carbocycles. The molecule has 0 aliphatic rings. The summed E-state index contributed by atoms with van der Waals surface area (Å²) in [6.07, 6.45) is 2.02. The van der Waals surface area contributed by atoms with Crippen molar-refractivity contribution in [2.24, 2.45) is 0 Å². The van der Waals surface area contributed by atoms with E-state index in [2.05, 4.69) is 11.1 Å². The third-order valence-electron chi connectivity index (χ3n) is 4.04. The molecule has 4 rings (SSSR count). The normalized spacial score (nSPS) is 11.2. The molecule has 4 nitrogen and oxygen atoms in total. The third kappa shape index (κ3) is 3.41. The van der Waals surface area contributed by atoms with Crippen LogP contribution >= 0.6 is 23.4 Å². The minimum atomic E-state index is -0.388. The van der Waals surface area contributed by atoms with Crippen LogP contribution in [0.1, 0.15) is 5.56 Å². The lowest BCUT2D eigenvalue weighted by molar-refractivity contribution is 0.306. The molecule has 2 heterocycles. The minimum Gasteiger partial charge on any atom is -0.489 e. The van der Waals surface area contributed by atoms with Gasteiger partial charge in [-0.3, -0.25) is 0 Å². The average molecular weight is 384 g/mol. The number of hydrogen-bond acceptors (Lipinski definition) is 5. The number of aromatic nitrogens is 1. The summed E-state index contributed by atoms with van der Waals surface area (Å²) in [6.45, 7) is 0.272. The lowest BCUT2D eigenvalue weighted by Gasteiger charge is -2.10. The van der Waals surface area contributed by atoms with Crippen LogP contribution in [0.25, 0.3) is 21.9 Å². The Kier molecular flexibility index (Phi) is 4.57. The SMILES string of the molecule is CSc1ccc2cc(COc3ccc4ccc(=O)oc4c3)c(Cl)nc2c1. The van der Waals surface area contributed by atoms with Crippen LogP contribution in [0.4, 0.5) is 0 Å². The summed E-state index contributed by atoms with van der Waals surface area (Å²) in [6, 6.07) is 16.6. The molecule has 0 N–H and O–H groups in total. The Hall–Kier alpha value is -2.50. The fourth-order valence-electron chi connectivity index (χ4n) is 2.69. The summed E-state index contributed by atoms with van der Waals surface area (Å²) in [7, 11) is 0. The maximum absolute atomic E-state index is 11.4. The Morgan fingerprint density at radius 3 is 2.73 bits per heavy atom. The van der Waals surface area contributed by atoms with Gasteiger partial charge in [0.1, 0.15) is 23.1 Å². The lowest BCUT2D eigenvalue weighted by Crippen LogP contribution is -1.99. The second-order valence-electron chi connectivity index (χ2n) is 5.74. The fourth-order valence-corrected chi connectivity index (χ4v) is 3.32. The summed E-state index contributed by atoms with van der Waals surface area (Å²) < 4.78 is 11.0. The van der Waals surface area contributed by atoms with Gasteiger partial charge >= 0.3 is 5.63 Å². The van der Waals surface area contributed by atoms with Crippen molar-refractivity contribution in [2.75, 3.05) is 6.26 Å². The quantitative estimate of drug-likeness (QED) is 0.272. The van der Waals surface area contributed by atoms with Gasteiger partial charge in [-0.15, -0.1) is 11.8 Å². The molecule has 2 aromatic heterocycles. The van der Waals surface area contributed by atoms with Crippen molar-refractivity contribution in [1.82, 2.24) is 4.98 Å². The molecular weight excluding hydrogens is 370 g/mol. The smallest absolute Gasteiger partial charge is 0.336 e. The number of fused-ring (bicyclic) bond motifs is 2. The zero-order chi connectivity index (χ0) is 18.1. The van der Waals surface area contributed by atoms with Crippen molar-refractivity contribution in [1.29, 1.82) is 0 Å². The molecule has 4 aromatic rings. The van der Waals surface area contributed by atoms with E-state index < -0.39 is 0 Å².